The molecule has 1 aliphatic heterocycles. The fourth-order valence-electron chi connectivity index (χ4n) is 3.93. The van der Waals surface area contributed by atoms with E-state index >= 15 is 0 Å². The number of urea groups is 1. The lowest BCUT2D eigenvalue weighted by molar-refractivity contribution is 0.0697. The molecule has 3 amide bonds. The number of nitrogens with zero attached hydrogens (tertiary/aromatic N) is 4. The number of hydrogen-bond acceptors (Lipinski definition) is 5. The summed E-state index contributed by atoms with van der Waals surface area (Å²) in [4.78, 5) is 33.1. The van der Waals surface area contributed by atoms with Gasteiger partial charge in [-0.2, -0.15) is 4.98 Å². The number of likely N-dealkylation sites (N-methyl/N-ethyl adjacent to an activating group) is 1. The highest BCUT2D eigenvalue weighted by atomic mass is 16.5. The van der Waals surface area contributed by atoms with Crippen molar-refractivity contribution < 1.29 is 14.1 Å². The highest BCUT2D eigenvalue weighted by molar-refractivity contribution is 5.94. The van der Waals surface area contributed by atoms with Crippen LogP contribution in [0.1, 0.15) is 41.5 Å². The fraction of sp³-hybridized carbons (Fsp3) is 0.385. The van der Waals surface area contributed by atoms with Crippen LogP contribution in [0.4, 0.5) is 10.5 Å². The summed E-state index contributed by atoms with van der Waals surface area (Å²) < 4.78 is 5.41. The third-order valence-corrected chi connectivity index (χ3v) is 6.20. The van der Waals surface area contributed by atoms with Crippen LogP contribution in [-0.4, -0.2) is 58.6 Å². The van der Waals surface area contributed by atoms with Gasteiger partial charge in [0.2, 0.25) is 0 Å². The van der Waals surface area contributed by atoms with Crippen molar-refractivity contribution >= 4 is 17.6 Å². The highest BCUT2D eigenvalue weighted by Crippen LogP contribution is 2.21. The van der Waals surface area contributed by atoms with E-state index in [4.69, 9.17) is 4.52 Å². The van der Waals surface area contributed by atoms with Crippen LogP contribution in [0.3, 0.4) is 0 Å². The molecule has 0 bridgehead atoms. The summed E-state index contributed by atoms with van der Waals surface area (Å²) in [6, 6.07) is 14.7. The first-order valence-corrected chi connectivity index (χ1v) is 11.7. The molecule has 0 saturated carbocycles. The quantitative estimate of drug-likeness (QED) is 0.578. The lowest BCUT2D eigenvalue weighted by Gasteiger charge is -2.30. The second-order valence-electron chi connectivity index (χ2n) is 9.04. The van der Waals surface area contributed by atoms with E-state index in [1.165, 1.54) is 0 Å². The number of benzene rings is 2. The minimum absolute atomic E-state index is 0.0663. The minimum Gasteiger partial charge on any atom is -0.339 e. The van der Waals surface area contributed by atoms with E-state index in [9.17, 15) is 9.59 Å². The zero-order chi connectivity index (χ0) is 24.1. The van der Waals surface area contributed by atoms with Crippen molar-refractivity contribution in [3.63, 3.8) is 0 Å². The monoisotopic (exact) mass is 461 g/mol. The van der Waals surface area contributed by atoms with Gasteiger partial charge in [0.1, 0.15) is 0 Å². The van der Waals surface area contributed by atoms with Gasteiger partial charge in [-0.1, -0.05) is 24.2 Å². The number of piperidine rings is 1. The molecule has 0 aliphatic carbocycles. The van der Waals surface area contributed by atoms with Gasteiger partial charge in [-0.25, -0.2) is 4.79 Å². The molecular formula is C26H31N5O3. The molecule has 1 aliphatic rings. The summed E-state index contributed by atoms with van der Waals surface area (Å²) in [6.45, 7) is 6.28. The average molecular weight is 462 g/mol. The Bertz CT molecular complexity index is 1130. The van der Waals surface area contributed by atoms with Crippen molar-refractivity contribution in [3.8, 4) is 11.5 Å². The van der Waals surface area contributed by atoms with E-state index in [0.717, 1.165) is 42.7 Å². The standard InChI is InChI=1S/C26H31N5O3/c1-18-11-15-31(16-12-18)25(32)21-9-7-20(8-10-21)24-28-23(29-34-24)13-14-30(3)26(33)27-22-6-4-5-19(2)17-22/h4-10,17-18H,11-16H2,1-3H3,(H,27,33). The van der Waals surface area contributed by atoms with Crippen molar-refractivity contribution in [2.45, 2.75) is 33.1 Å². The third kappa shape index (κ3) is 5.81. The molecule has 8 heteroatoms. The summed E-state index contributed by atoms with van der Waals surface area (Å²) in [5, 5.41) is 6.92. The Morgan fingerprint density at radius 1 is 1.15 bits per heavy atom. The SMILES string of the molecule is Cc1cccc(NC(=O)N(C)CCc2noc(-c3ccc(C(=O)N4CCC(C)CC4)cc3)n2)c1. The van der Waals surface area contributed by atoms with Crippen LogP contribution in [0.5, 0.6) is 0 Å². The molecule has 178 valence electrons. The molecule has 0 radical (unpaired) electrons. The molecule has 2 aromatic carbocycles. The van der Waals surface area contributed by atoms with Gasteiger partial charge in [-0.05, 0) is 67.6 Å². The fourth-order valence-corrected chi connectivity index (χ4v) is 3.93. The van der Waals surface area contributed by atoms with Gasteiger partial charge in [0.25, 0.3) is 11.8 Å². The van der Waals surface area contributed by atoms with Crippen LogP contribution < -0.4 is 5.32 Å². The molecule has 3 aromatic rings. The van der Waals surface area contributed by atoms with E-state index in [2.05, 4.69) is 22.4 Å². The van der Waals surface area contributed by atoms with Crippen molar-refractivity contribution in [2.24, 2.45) is 5.92 Å². The van der Waals surface area contributed by atoms with E-state index in [1.807, 2.05) is 60.4 Å². The Hall–Kier alpha value is -3.68. The number of anilines is 1. The van der Waals surface area contributed by atoms with Gasteiger partial charge in [0.05, 0.1) is 0 Å². The number of amides is 3. The molecule has 1 saturated heterocycles. The van der Waals surface area contributed by atoms with Gasteiger partial charge in [-0.15, -0.1) is 0 Å². The first-order valence-electron chi connectivity index (χ1n) is 11.7. The smallest absolute Gasteiger partial charge is 0.321 e. The number of hydrogen-bond donors (Lipinski definition) is 1. The molecule has 34 heavy (non-hydrogen) atoms. The lowest BCUT2D eigenvalue weighted by atomic mass is 9.98. The Balaban J connectivity index is 1.30. The van der Waals surface area contributed by atoms with Gasteiger partial charge < -0.3 is 19.6 Å². The molecular weight excluding hydrogens is 430 g/mol. The summed E-state index contributed by atoms with van der Waals surface area (Å²) in [7, 11) is 1.73. The minimum atomic E-state index is -0.197. The Labute approximate surface area is 199 Å². The molecule has 4 rings (SSSR count). The second-order valence-corrected chi connectivity index (χ2v) is 9.04. The molecule has 8 nitrogen and oxygen atoms in total. The third-order valence-electron chi connectivity index (χ3n) is 6.20. The molecule has 1 N–H and O–H groups in total. The molecule has 0 spiro atoms. The average Bonchev–Trinajstić information content (AvgIpc) is 3.32. The van der Waals surface area contributed by atoms with Crippen LogP contribution in [-0.2, 0) is 6.42 Å². The summed E-state index contributed by atoms with van der Waals surface area (Å²) >= 11 is 0. The lowest BCUT2D eigenvalue weighted by Crippen LogP contribution is -2.37. The number of likely N-dealkylation sites (tertiary alicyclic amines) is 1. The van der Waals surface area contributed by atoms with Gasteiger partial charge in [0.15, 0.2) is 5.82 Å². The number of aromatic nitrogens is 2. The number of nitrogens with one attached hydrogen (secondary N) is 1. The van der Waals surface area contributed by atoms with E-state index in [-0.39, 0.29) is 11.9 Å². The van der Waals surface area contributed by atoms with Crippen LogP contribution in [0, 0.1) is 12.8 Å². The van der Waals surface area contributed by atoms with Crippen LogP contribution >= 0.6 is 0 Å². The normalized spacial score (nSPS) is 14.1. The number of carbonyl (C=O) groups excluding carboxylic acids is 2. The van der Waals surface area contributed by atoms with Gasteiger partial charge in [-0.3, -0.25) is 4.79 Å². The maximum Gasteiger partial charge on any atom is 0.321 e. The van der Waals surface area contributed by atoms with E-state index in [0.29, 0.717) is 36.2 Å². The summed E-state index contributed by atoms with van der Waals surface area (Å²) in [5.74, 6) is 1.66. The molecule has 2 heterocycles. The first-order chi connectivity index (χ1) is 16.4. The molecule has 0 atom stereocenters. The second kappa shape index (κ2) is 10.5. The van der Waals surface area contributed by atoms with Crippen LogP contribution in [0.15, 0.2) is 53.1 Å². The predicted octanol–water partition coefficient (Wildman–Crippen LogP) is 4.62. The molecule has 1 fully saturated rings. The van der Waals surface area contributed by atoms with E-state index in [1.54, 1.807) is 11.9 Å². The van der Waals surface area contributed by atoms with Crippen molar-refractivity contribution in [2.75, 3.05) is 32.0 Å². The Morgan fingerprint density at radius 2 is 1.88 bits per heavy atom. The molecule has 1 aromatic heterocycles. The van der Waals surface area contributed by atoms with Crippen molar-refractivity contribution in [3.05, 3.63) is 65.5 Å². The zero-order valence-electron chi connectivity index (χ0n) is 20.0. The largest absolute Gasteiger partial charge is 0.339 e. The summed E-state index contributed by atoms with van der Waals surface area (Å²) in [5.41, 5.74) is 3.26. The van der Waals surface area contributed by atoms with Gasteiger partial charge in [0, 0.05) is 49.9 Å². The first kappa shape index (κ1) is 23.5. The highest BCUT2D eigenvalue weighted by Gasteiger charge is 2.21. The predicted molar refractivity (Wildman–Crippen MR) is 131 cm³/mol. The number of rotatable bonds is 6. The maximum atomic E-state index is 12.7. The Kier molecular flexibility index (Phi) is 7.25. The van der Waals surface area contributed by atoms with Crippen LogP contribution in [0.2, 0.25) is 0 Å². The summed E-state index contributed by atoms with van der Waals surface area (Å²) in [6.07, 6.45) is 2.57. The molecule has 0 unspecified atom stereocenters. The zero-order valence-corrected chi connectivity index (χ0v) is 20.0. The Morgan fingerprint density at radius 3 is 2.59 bits per heavy atom. The van der Waals surface area contributed by atoms with Crippen molar-refractivity contribution in [1.29, 1.82) is 0 Å². The van der Waals surface area contributed by atoms with E-state index < -0.39 is 0 Å². The maximum absolute atomic E-state index is 12.7. The number of carbonyl (C=O) groups is 2. The van der Waals surface area contributed by atoms with Gasteiger partial charge >= 0.3 is 6.03 Å². The number of aryl methyl sites for hydroxylation is 1. The topological polar surface area (TPSA) is 91.6 Å². The van der Waals surface area contributed by atoms with Crippen molar-refractivity contribution in [1.82, 2.24) is 19.9 Å². The van der Waals surface area contributed by atoms with Crippen LogP contribution in [0.25, 0.3) is 11.5 Å².